The first-order valence-corrected chi connectivity index (χ1v) is 11.5. The molecule has 3 aromatic heterocycles. The van der Waals surface area contributed by atoms with Crippen LogP contribution in [0.4, 0.5) is 4.39 Å². The highest BCUT2D eigenvalue weighted by Crippen LogP contribution is 2.44. The van der Waals surface area contributed by atoms with Crippen LogP contribution in [0.5, 0.6) is 0 Å². The van der Waals surface area contributed by atoms with Crippen molar-refractivity contribution in [2.45, 2.75) is 51.5 Å². The van der Waals surface area contributed by atoms with E-state index in [1.54, 1.807) is 0 Å². The molecule has 4 aromatic rings. The fourth-order valence-corrected chi connectivity index (χ4v) is 5.26. The SMILES string of the molecule is [2H]C([2H])([2H])C(C)(O)c1cnn2c(C[C@@H]3CCC4=C(C3)c3ccccc3C4)nc(-c3cncc(F)c3)nc12. The standard InChI is InChI=1S/C27H26FN5O/c1-27(2,34)23-15-30-33-24(31-25(32-26(23)33)19-12-20(28)14-29-13-19)10-16-7-8-18-11-17-5-3-4-6-21(17)22(18)9-16/h3-6,12-16,34H,7-11H2,1-2H3/t16-/m1/s1/i1D3/t16-,27?. The fraction of sp³-hybridized carbons (Fsp3) is 0.333. The van der Waals surface area contributed by atoms with Gasteiger partial charge >= 0.3 is 0 Å². The van der Waals surface area contributed by atoms with E-state index in [4.69, 9.17) is 9.10 Å². The van der Waals surface area contributed by atoms with E-state index < -0.39 is 18.3 Å². The number of halogens is 1. The lowest BCUT2D eigenvalue weighted by Crippen LogP contribution is -2.18. The van der Waals surface area contributed by atoms with E-state index in [2.05, 4.69) is 39.3 Å². The van der Waals surface area contributed by atoms with Crippen LogP contribution in [0.25, 0.3) is 22.6 Å². The molecule has 6 nitrogen and oxygen atoms in total. The van der Waals surface area contributed by atoms with Crippen LogP contribution in [0.2, 0.25) is 0 Å². The molecule has 0 saturated heterocycles. The summed E-state index contributed by atoms with van der Waals surface area (Å²) in [7, 11) is 0. The first-order valence-electron chi connectivity index (χ1n) is 13.0. The van der Waals surface area contributed by atoms with Crippen LogP contribution >= 0.6 is 0 Å². The minimum absolute atomic E-state index is 0.0696. The Kier molecular flexibility index (Phi) is 4.12. The van der Waals surface area contributed by atoms with Crippen molar-refractivity contribution < 1.29 is 13.6 Å². The number of aliphatic hydroxyl groups is 1. The maximum Gasteiger partial charge on any atom is 0.165 e. The largest absolute Gasteiger partial charge is 0.386 e. The lowest BCUT2D eigenvalue weighted by molar-refractivity contribution is 0.0799. The second kappa shape index (κ2) is 7.81. The van der Waals surface area contributed by atoms with Gasteiger partial charge in [-0.25, -0.2) is 18.9 Å². The Morgan fingerprint density at radius 3 is 2.97 bits per heavy atom. The van der Waals surface area contributed by atoms with Crippen LogP contribution < -0.4 is 0 Å². The molecular weight excluding hydrogens is 429 g/mol. The Balaban J connectivity index is 1.43. The van der Waals surface area contributed by atoms with Gasteiger partial charge in [0.1, 0.15) is 11.6 Å². The van der Waals surface area contributed by atoms with E-state index >= 15 is 0 Å². The van der Waals surface area contributed by atoms with Gasteiger partial charge in [-0.2, -0.15) is 5.10 Å². The number of aromatic nitrogens is 5. The lowest BCUT2D eigenvalue weighted by atomic mass is 9.82. The molecule has 0 spiro atoms. The Hall–Kier alpha value is -3.45. The number of pyridine rings is 1. The molecule has 1 N–H and O–H groups in total. The summed E-state index contributed by atoms with van der Waals surface area (Å²) in [5, 5.41) is 15.4. The Bertz CT molecular complexity index is 1560. The number of nitrogens with zero attached hydrogens (tertiary/aromatic N) is 5. The number of allylic oxidation sites excluding steroid dienone is 2. The Morgan fingerprint density at radius 1 is 1.24 bits per heavy atom. The van der Waals surface area contributed by atoms with Gasteiger partial charge in [-0.3, -0.25) is 4.98 Å². The molecule has 7 heteroatoms. The zero-order valence-electron chi connectivity index (χ0n) is 21.8. The summed E-state index contributed by atoms with van der Waals surface area (Å²) in [5.41, 5.74) is 4.06. The maximum atomic E-state index is 14.0. The van der Waals surface area contributed by atoms with Crippen molar-refractivity contribution in [3.63, 3.8) is 0 Å². The second-order valence-corrected chi connectivity index (χ2v) is 9.45. The third-order valence-corrected chi connectivity index (χ3v) is 6.91. The zero-order valence-corrected chi connectivity index (χ0v) is 18.8. The molecule has 0 radical (unpaired) electrons. The number of hydrogen-bond acceptors (Lipinski definition) is 5. The molecule has 0 bridgehead atoms. The van der Waals surface area contributed by atoms with E-state index in [-0.39, 0.29) is 23.0 Å². The fourth-order valence-electron chi connectivity index (χ4n) is 5.26. The number of rotatable bonds is 4. The Morgan fingerprint density at radius 2 is 2.12 bits per heavy atom. The lowest BCUT2D eigenvalue weighted by Gasteiger charge is -2.24. The summed E-state index contributed by atoms with van der Waals surface area (Å²) >= 11 is 0. The quantitative estimate of drug-likeness (QED) is 0.471. The van der Waals surface area contributed by atoms with E-state index in [0.717, 1.165) is 31.9 Å². The van der Waals surface area contributed by atoms with Gasteiger partial charge in [0.2, 0.25) is 0 Å². The van der Waals surface area contributed by atoms with Crippen molar-refractivity contribution in [3.8, 4) is 11.4 Å². The predicted octanol–water partition coefficient (Wildman–Crippen LogP) is 4.91. The highest BCUT2D eigenvalue weighted by Gasteiger charge is 2.30. The summed E-state index contributed by atoms with van der Waals surface area (Å²) in [6.07, 6.45) is 8.41. The molecule has 34 heavy (non-hydrogen) atoms. The average Bonchev–Trinajstić information content (AvgIpc) is 3.45. The smallest absolute Gasteiger partial charge is 0.165 e. The molecule has 0 saturated carbocycles. The van der Waals surface area contributed by atoms with Crippen molar-refractivity contribution in [2.75, 3.05) is 0 Å². The zero-order chi connectivity index (χ0) is 25.9. The highest BCUT2D eigenvalue weighted by molar-refractivity contribution is 5.77. The van der Waals surface area contributed by atoms with Crippen molar-refractivity contribution in [1.82, 2.24) is 24.6 Å². The van der Waals surface area contributed by atoms with E-state index in [0.29, 0.717) is 17.8 Å². The van der Waals surface area contributed by atoms with Crippen molar-refractivity contribution >= 4 is 11.2 Å². The van der Waals surface area contributed by atoms with Gasteiger partial charge < -0.3 is 5.11 Å². The first-order chi connectivity index (χ1) is 17.6. The molecule has 6 rings (SSSR count). The van der Waals surface area contributed by atoms with Gasteiger partial charge in [0.25, 0.3) is 0 Å². The third kappa shape index (κ3) is 3.60. The molecule has 2 atom stereocenters. The van der Waals surface area contributed by atoms with E-state index in [9.17, 15) is 9.50 Å². The first kappa shape index (κ1) is 18.0. The molecule has 2 aliphatic rings. The maximum absolute atomic E-state index is 14.0. The molecule has 0 amide bonds. The van der Waals surface area contributed by atoms with Crippen molar-refractivity contribution in [2.24, 2.45) is 5.92 Å². The minimum Gasteiger partial charge on any atom is -0.386 e. The van der Waals surface area contributed by atoms with Crippen LogP contribution in [-0.4, -0.2) is 29.7 Å². The normalized spacial score (nSPS) is 20.9. The summed E-state index contributed by atoms with van der Waals surface area (Å²) < 4.78 is 39.1. The number of fused-ring (bicyclic) bond motifs is 3. The second-order valence-electron chi connectivity index (χ2n) is 9.45. The molecule has 0 aliphatic heterocycles. The molecule has 172 valence electrons. The van der Waals surface area contributed by atoms with Crippen LogP contribution in [-0.2, 0) is 18.4 Å². The third-order valence-electron chi connectivity index (χ3n) is 6.91. The van der Waals surface area contributed by atoms with Gasteiger partial charge in [0.15, 0.2) is 11.5 Å². The molecule has 1 unspecified atom stereocenters. The topological polar surface area (TPSA) is 76.2 Å². The molecule has 3 heterocycles. The summed E-state index contributed by atoms with van der Waals surface area (Å²) in [6, 6.07) is 9.83. The predicted molar refractivity (Wildman–Crippen MR) is 127 cm³/mol. The average molecular weight is 459 g/mol. The highest BCUT2D eigenvalue weighted by atomic mass is 19.1. The molecular formula is C27H26FN5O. The van der Waals surface area contributed by atoms with Gasteiger partial charge in [-0.15, -0.1) is 0 Å². The monoisotopic (exact) mass is 458 g/mol. The Labute approximate surface area is 201 Å². The van der Waals surface area contributed by atoms with Crippen LogP contribution in [0.1, 0.15) is 59.7 Å². The van der Waals surface area contributed by atoms with Gasteiger partial charge in [-0.05, 0) is 68.1 Å². The van der Waals surface area contributed by atoms with Crippen molar-refractivity contribution in [1.29, 1.82) is 0 Å². The minimum atomic E-state index is -2.70. The van der Waals surface area contributed by atoms with Gasteiger partial charge in [0, 0.05) is 27.9 Å². The van der Waals surface area contributed by atoms with Crippen LogP contribution in [0.15, 0.2) is 54.5 Å². The van der Waals surface area contributed by atoms with Gasteiger partial charge in [0.05, 0.1) is 18.0 Å². The van der Waals surface area contributed by atoms with Crippen LogP contribution in [0.3, 0.4) is 0 Å². The van der Waals surface area contributed by atoms with Gasteiger partial charge in [-0.1, -0.05) is 29.8 Å². The van der Waals surface area contributed by atoms with Crippen LogP contribution in [0, 0.1) is 11.7 Å². The summed E-state index contributed by atoms with van der Waals surface area (Å²) in [6.45, 7) is -1.47. The van der Waals surface area contributed by atoms with E-state index in [1.165, 1.54) is 52.2 Å². The molecule has 0 fully saturated rings. The summed E-state index contributed by atoms with van der Waals surface area (Å²) in [4.78, 5) is 13.2. The van der Waals surface area contributed by atoms with Crippen molar-refractivity contribution in [3.05, 3.63) is 82.8 Å². The number of hydrogen-bond donors (Lipinski definition) is 1. The number of benzene rings is 1. The molecule has 2 aliphatic carbocycles. The molecule has 1 aromatic carbocycles. The van der Waals surface area contributed by atoms with E-state index in [1.807, 2.05) is 0 Å². The summed E-state index contributed by atoms with van der Waals surface area (Å²) in [5.74, 6) is 0.548.